The Morgan fingerprint density at radius 1 is 1.11 bits per heavy atom. The molecule has 0 radical (unpaired) electrons. The number of aliphatic hydroxyl groups excluding tert-OH is 1. The minimum atomic E-state index is -4.36. The number of nitrogens with zero attached hydrogens (tertiary/aromatic N) is 2. The molecule has 1 aliphatic heterocycles. The van der Waals surface area contributed by atoms with Gasteiger partial charge in [0.2, 0.25) is 0 Å². The monoisotopic (exact) mass is 547 g/mol. The molecular formula is C27H28F3N3O4S. The second kappa shape index (κ2) is 11.1. The van der Waals surface area contributed by atoms with Crippen molar-refractivity contribution >= 4 is 21.6 Å². The topological polar surface area (TPSA) is 99.6 Å². The summed E-state index contributed by atoms with van der Waals surface area (Å²) in [5.41, 5.74) is 1.02. The minimum absolute atomic E-state index is 0.0252. The molecule has 4 rings (SSSR count). The first-order valence-electron chi connectivity index (χ1n) is 12.1. The van der Waals surface area contributed by atoms with Gasteiger partial charge in [0, 0.05) is 25.2 Å². The van der Waals surface area contributed by atoms with Gasteiger partial charge in [-0.1, -0.05) is 31.2 Å². The van der Waals surface area contributed by atoms with Gasteiger partial charge < -0.3 is 15.3 Å². The summed E-state index contributed by atoms with van der Waals surface area (Å²) in [4.78, 5) is 19.4. The number of aliphatic hydroxyl groups is 1. The van der Waals surface area contributed by atoms with E-state index in [1.807, 2.05) is 4.90 Å². The van der Waals surface area contributed by atoms with Crippen LogP contribution in [0.2, 0.25) is 0 Å². The van der Waals surface area contributed by atoms with Gasteiger partial charge in [0.15, 0.2) is 9.84 Å². The van der Waals surface area contributed by atoms with E-state index in [0.717, 1.165) is 24.1 Å². The molecular weight excluding hydrogens is 519 g/mol. The Labute approximate surface area is 219 Å². The first-order chi connectivity index (χ1) is 18.0. The molecule has 0 bridgehead atoms. The van der Waals surface area contributed by atoms with Crippen LogP contribution in [0, 0.1) is 0 Å². The first kappa shape index (κ1) is 27.6. The Hall–Kier alpha value is -3.44. The van der Waals surface area contributed by atoms with Crippen LogP contribution in [0.15, 0.2) is 71.8 Å². The van der Waals surface area contributed by atoms with Crippen molar-refractivity contribution in [2.75, 3.05) is 30.3 Å². The zero-order chi connectivity index (χ0) is 27.5. The molecule has 1 aliphatic rings. The van der Waals surface area contributed by atoms with Crippen LogP contribution < -0.4 is 10.2 Å². The first-order valence-corrected chi connectivity index (χ1v) is 13.8. The fraction of sp³-hybridized carbons (Fsp3) is 0.333. The van der Waals surface area contributed by atoms with E-state index >= 15 is 0 Å². The molecule has 0 saturated carbocycles. The van der Waals surface area contributed by atoms with Gasteiger partial charge in [0.05, 0.1) is 34.4 Å². The van der Waals surface area contributed by atoms with Crippen molar-refractivity contribution in [1.29, 1.82) is 0 Å². The van der Waals surface area contributed by atoms with Gasteiger partial charge in [-0.15, -0.1) is 0 Å². The lowest BCUT2D eigenvalue weighted by Gasteiger charge is -2.19. The van der Waals surface area contributed by atoms with Crippen LogP contribution in [0.25, 0.3) is 0 Å². The standard InChI is InChI=1S/C27H28F3N3O4S/c1-2-38(36,37)23-10-5-19(6-11-23)24(17-34)32-26(35)20-7-12-25(31-15-20)33-14-13-21(16-33)18-3-8-22(9-4-18)27(28,29)30/h3-12,15,21,24,34H,2,13-14,16-17H2,1H3,(H,32,35)/t21-,24+/m1/s1. The number of nitrogens with one attached hydrogen (secondary N) is 1. The van der Waals surface area contributed by atoms with Gasteiger partial charge >= 0.3 is 6.18 Å². The van der Waals surface area contributed by atoms with Crippen LogP contribution in [0.4, 0.5) is 19.0 Å². The van der Waals surface area contributed by atoms with Gasteiger partial charge in [-0.05, 0) is 53.9 Å². The van der Waals surface area contributed by atoms with Crippen molar-refractivity contribution < 1.29 is 31.5 Å². The van der Waals surface area contributed by atoms with Crippen molar-refractivity contribution in [3.8, 4) is 0 Å². The van der Waals surface area contributed by atoms with Crippen LogP contribution >= 0.6 is 0 Å². The van der Waals surface area contributed by atoms with E-state index in [9.17, 15) is 31.5 Å². The number of carbonyl (C=O) groups excluding carboxylic acids is 1. The molecule has 0 spiro atoms. The number of hydrogen-bond acceptors (Lipinski definition) is 6. The van der Waals surface area contributed by atoms with Gasteiger partial charge in [-0.25, -0.2) is 13.4 Å². The van der Waals surface area contributed by atoms with Crippen molar-refractivity contribution in [3.05, 3.63) is 89.1 Å². The lowest BCUT2D eigenvalue weighted by molar-refractivity contribution is -0.137. The van der Waals surface area contributed by atoms with Crippen LogP contribution in [-0.4, -0.2) is 49.9 Å². The van der Waals surface area contributed by atoms with Crippen molar-refractivity contribution in [3.63, 3.8) is 0 Å². The summed E-state index contributed by atoms with van der Waals surface area (Å²) in [5, 5.41) is 12.5. The number of carbonyl (C=O) groups is 1. The van der Waals surface area contributed by atoms with Gasteiger partial charge in [-0.3, -0.25) is 4.79 Å². The van der Waals surface area contributed by atoms with Crippen molar-refractivity contribution in [2.24, 2.45) is 0 Å². The molecule has 2 heterocycles. The molecule has 1 amide bonds. The van der Waals surface area contributed by atoms with E-state index < -0.39 is 33.5 Å². The summed E-state index contributed by atoms with van der Waals surface area (Å²) < 4.78 is 62.5. The normalized spacial score (nSPS) is 16.9. The largest absolute Gasteiger partial charge is 0.416 e. The fourth-order valence-electron chi connectivity index (χ4n) is 4.44. The molecule has 202 valence electrons. The third-order valence-corrected chi connectivity index (χ3v) is 8.49. The maximum atomic E-state index is 12.8. The average Bonchev–Trinajstić information content (AvgIpc) is 3.42. The molecule has 1 aromatic heterocycles. The molecule has 2 atom stereocenters. The lowest BCUT2D eigenvalue weighted by atomic mass is 9.97. The average molecular weight is 548 g/mol. The third-order valence-electron chi connectivity index (χ3n) is 6.74. The molecule has 2 aromatic carbocycles. The Morgan fingerprint density at radius 2 is 1.79 bits per heavy atom. The molecule has 3 aromatic rings. The van der Waals surface area contributed by atoms with Gasteiger partial charge in [0.25, 0.3) is 5.91 Å². The highest BCUT2D eigenvalue weighted by Gasteiger charge is 2.31. The molecule has 0 unspecified atom stereocenters. The predicted molar refractivity (Wildman–Crippen MR) is 137 cm³/mol. The number of hydrogen-bond donors (Lipinski definition) is 2. The molecule has 1 saturated heterocycles. The van der Waals surface area contributed by atoms with E-state index in [1.165, 1.54) is 30.5 Å². The minimum Gasteiger partial charge on any atom is -0.394 e. The van der Waals surface area contributed by atoms with Crippen LogP contribution in [0.1, 0.15) is 52.4 Å². The second-order valence-electron chi connectivity index (χ2n) is 9.14. The Morgan fingerprint density at radius 3 is 2.34 bits per heavy atom. The number of anilines is 1. The number of alkyl halides is 3. The fourth-order valence-corrected chi connectivity index (χ4v) is 5.33. The summed E-state index contributed by atoms with van der Waals surface area (Å²) >= 11 is 0. The quantitative estimate of drug-likeness (QED) is 0.435. The predicted octanol–water partition coefficient (Wildman–Crippen LogP) is 4.35. The SMILES string of the molecule is CCS(=O)(=O)c1ccc([C@H](CO)NC(=O)c2ccc(N3CC[C@@H](c4ccc(C(F)(F)F)cc4)C3)nc2)cc1. The zero-order valence-corrected chi connectivity index (χ0v) is 21.5. The van der Waals surface area contributed by atoms with E-state index in [0.29, 0.717) is 24.5 Å². The number of sulfone groups is 1. The smallest absolute Gasteiger partial charge is 0.394 e. The highest BCUT2D eigenvalue weighted by atomic mass is 32.2. The van der Waals surface area contributed by atoms with E-state index in [4.69, 9.17) is 0 Å². The second-order valence-corrected chi connectivity index (χ2v) is 11.4. The number of pyridine rings is 1. The van der Waals surface area contributed by atoms with Gasteiger partial charge in [-0.2, -0.15) is 13.2 Å². The summed E-state index contributed by atoms with van der Waals surface area (Å²) in [6, 6.07) is 13.9. The highest BCUT2D eigenvalue weighted by molar-refractivity contribution is 7.91. The number of amides is 1. The zero-order valence-electron chi connectivity index (χ0n) is 20.6. The molecule has 7 nitrogen and oxygen atoms in total. The maximum Gasteiger partial charge on any atom is 0.416 e. The summed E-state index contributed by atoms with van der Waals surface area (Å²) in [6.45, 7) is 2.46. The summed E-state index contributed by atoms with van der Waals surface area (Å²) in [7, 11) is -3.35. The van der Waals surface area contributed by atoms with E-state index in [1.54, 1.807) is 31.2 Å². The molecule has 38 heavy (non-hydrogen) atoms. The van der Waals surface area contributed by atoms with Crippen molar-refractivity contribution in [1.82, 2.24) is 10.3 Å². The molecule has 0 aliphatic carbocycles. The number of benzene rings is 2. The van der Waals surface area contributed by atoms with Crippen LogP contribution in [-0.2, 0) is 16.0 Å². The number of rotatable bonds is 8. The van der Waals surface area contributed by atoms with Crippen LogP contribution in [0.5, 0.6) is 0 Å². The Bertz CT molecular complexity index is 1360. The Balaban J connectivity index is 1.38. The Kier molecular flexibility index (Phi) is 8.08. The van der Waals surface area contributed by atoms with Gasteiger partial charge in [0.1, 0.15) is 5.82 Å². The van der Waals surface area contributed by atoms with Crippen molar-refractivity contribution in [2.45, 2.75) is 36.4 Å². The van der Waals surface area contributed by atoms with Crippen LogP contribution in [0.3, 0.4) is 0 Å². The number of halogens is 3. The molecule has 2 N–H and O–H groups in total. The molecule has 11 heteroatoms. The lowest BCUT2D eigenvalue weighted by Crippen LogP contribution is -2.31. The molecule has 1 fully saturated rings. The number of aromatic nitrogens is 1. The summed E-state index contributed by atoms with van der Waals surface area (Å²) in [5.74, 6) is 0.258. The van der Waals surface area contributed by atoms with E-state index in [-0.39, 0.29) is 28.7 Å². The third kappa shape index (κ3) is 6.16. The maximum absolute atomic E-state index is 12.8. The van der Waals surface area contributed by atoms with E-state index in [2.05, 4.69) is 10.3 Å². The summed E-state index contributed by atoms with van der Waals surface area (Å²) in [6.07, 6.45) is -2.16. The highest BCUT2D eigenvalue weighted by Crippen LogP contribution is 2.33.